The van der Waals surface area contributed by atoms with Crippen molar-refractivity contribution in [2.24, 2.45) is 0 Å². The van der Waals surface area contributed by atoms with Gasteiger partial charge in [-0.2, -0.15) is 0 Å². The monoisotopic (exact) mass is 447 g/mol. The minimum atomic E-state index is -0.520. The fraction of sp³-hybridized carbons (Fsp3) is 0.105. The quantitative estimate of drug-likeness (QED) is 0.503. The molecule has 8 heteroatoms. The first-order valence-corrected chi connectivity index (χ1v) is 9.42. The first kappa shape index (κ1) is 19.2. The van der Waals surface area contributed by atoms with Gasteiger partial charge >= 0.3 is 5.97 Å². The average Bonchev–Trinajstić information content (AvgIpc) is 2.94. The van der Waals surface area contributed by atoms with Gasteiger partial charge in [0.1, 0.15) is 5.75 Å². The number of rotatable bonds is 5. The molecule has 0 unspecified atom stereocenters. The molecule has 0 atom stereocenters. The van der Waals surface area contributed by atoms with Crippen molar-refractivity contribution in [3.8, 4) is 5.75 Å². The number of thioether (sulfide) groups is 1. The molecule has 3 rings (SSSR count). The van der Waals surface area contributed by atoms with Gasteiger partial charge in [-0.25, -0.2) is 9.69 Å². The fourth-order valence-corrected chi connectivity index (χ4v) is 3.58. The van der Waals surface area contributed by atoms with Crippen LogP contribution in [-0.2, 0) is 14.3 Å². The second kappa shape index (κ2) is 8.41. The van der Waals surface area contributed by atoms with Crippen LogP contribution in [0.1, 0.15) is 5.56 Å². The summed E-state index contributed by atoms with van der Waals surface area (Å²) in [6.45, 7) is -0.259. The van der Waals surface area contributed by atoms with Crippen LogP contribution in [0, 0.1) is 0 Å². The summed E-state index contributed by atoms with van der Waals surface area (Å²) >= 11 is 4.22. The van der Waals surface area contributed by atoms with Gasteiger partial charge in [0, 0.05) is 10.0 Å². The van der Waals surface area contributed by atoms with Crippen molar-refractivity contribution in [2.45, 2.75) is 0 Å². The molecule has 1 aliphatic heterocycles. The number of benzene rings is 2. The molecule has 0 aliphatic carbocycles. The molecule has 0 spiro atoms. The number of amides is 2. The fourth-order valence-electron chi connectivity index (χ4n) is 2.37. The summed E-state index contributed by atoms with van der Waals surface area (Å²) in [6.07, 6.45) is 1.57. The zero-order valence-corrected chi connectivity index (χ0v) is 16.6. The Kier molecular flexibility index (Phi) is 5.98. The van der Waals surface area contributed by atoms with E-state index in [-0.39, 0.29) is 16.8 Å². The lowest BCUT2D eigenvalue weighted by Gasteiger charge is -2.12. The van der Waals surface area contributed by atoms with E-state index < -0.39 is 11.9 Å². The van der Waals surface area contributed by atoms with Gasteiger partial charge in [0.2, 0.25) is 0 Å². The Hall–Kier alpha value is -2.58. The molecule has 1 saturated heterocycles. The van der Waals surface area contributed by atoms with Crippen LogP contribution in [0.25, 0.3) is 6.08 Å². The van der Waals surface area contributed by atoms with Crippen molar-refractivity contribution < 1.29 is 23.9 Å². The smallest absolute Gasteiger partial charge is 0.343 e. The number of carbonyl (C=O) groups is 3. The molecule has 6 nitrogen and oxygen atoms in total. The van der Waals surface area contributed by atoms with E-state index in [1.807, 2.05) is 6.07 Å². The van der Waals surface area contributed by atoms with Crippen molar-refractivity contribution in [1.29, 1.82) is 0 Å². The van der Waals surface area contributed by atoms with Gasteiger partial charge in [0.25, 0.3) is 11.1 Å². The first-order chi connectivity index (χ1) is 13.0. The molecule has 0 bridgehead atoms. The Morgan fingerprint density at radius 1 is 1.19 bits per heavy atom. The van der Waals surface area contributed by atoms with Gasteiger partial charge in [0.15, 0.2) is 6.61 Å². The van der Waals surface area contributed by atoms with Crippen molar-refractivity contribution in [3.63, 3.8) is 0 Å². The van der Waals surface area contributed by atoms with E-state index in [4.69, 9.17) is 4.74 Å². The normalized spacial score (nSPS) is 15.3. The summed E-state index contributed by atoms with van der Waals surface area (Å²) in [4.78, 5) is 37.8. The third-order valence-electron chi connectivity index (χ3n) is 3.64. The molecule has 0 radical (unpaired) electrons. The Balaban J connectivity index is 1.90. The Bertz CT molecular complexity index is 929. The molecule has 1 aliphatic rings. The van der Waals surface area contributed by atoms with E-state index in [1.54, 1.807) is 48.5 Å². The topological polar surface area (TPSA) is 72.9 Å². The van der Waals surface area contributed by atoms with Crippen molar-refractivity contribution in [3.05, 3.63) is 63.5 Å². The highest BCUT2D eigenvalue weighted by Gasteiger charge is 2.36. The first-order valence-electron chi connectivity index (χ1n) is 7.82. The third-order valence-corrected chi connectivity index (χ3v) is 5.00. The third kappa shape index (κ3) is 4.40. The van der Waals surface area contributed by atoms with Crippen LogP contribution in [0.3, 0.4) is 0 Å². The lowest BCUT2D eigenvalue weighted by molar-refractivity contribution is -0.142. The molecule has 0 N–H and O–H groups in total. The zero-order valence-electron chi connectivity index (χ0n) is 14.2. The number of para-hydroxylation sites is 1. The molecular weight excluding hydrogens is 434 g/mol. The molecule has 0 aromatic heterocycles. The average molecular weight is 448 g/mol. The van der Waals surface area contributed by atoms with E-state index in [9.17, 15) is 14.4 Å². The highest BCUT2D eigenvalue weighted by molar-refractivity contribution is 9.10. The van der Waals surface area contributed by atoms with Crippen LogP contribution in [0.5, 0.6) is 5.75 Å². The van der Waals surface area contributed by atoms with E-state index >= 15 is 0 Å². The number of ether oxygens (including phenoxy) is 2. The number of halogens is 1. The predicted molar refractivity (Wildman–Crippen MR) is 107 cm³/mol. The molecule has 1 heterocycles. The van der Waals surface area contributed by atoms with Crippen LogP contribution in [0.4, 0.5) is 10.5 Å². The highest BCUT2D eigenvalue weighted by atomic mass is 79.9. The number of methoxy groups -OCH3 is 1. The number of esters is 1. The van der Waals surface area contributed by atoms with Crippen LogP contribution in [0.2, 0.25) is 0 Å². The number of carbonyl (C=O) groups excluding carboxylic acids is 3. The Morgan fingerprint density at radius 3 is 2.63 bits per heavy atom. The number of hydrogen-bond donors (Lipinski definition) is 0. The zero-order chi connectivity index (χ0) is 19.4. The van der Waals surface area contributed by atoms with E-state index in [1.165, 1.54) is 7.11 Å². The molecule has 27 heavy (non-hydrogen) atoms. The van der Waals surface area contributed by atoms with Crippen molar-refractivity contribution in [2.75, 3.05) is 18.6 Å². The van der Waals surface area contributed by atoms with E-state index in [2.05, 4.69) is 20.7 Å². The van der Waals surface area contributed by atoms with Gasteiger partial charge < -0.3 is 9.47 Å². The van der Waals surface area contributed by atoms with Gasteiger partial charge in [-0.05, 0) is 48.2 Å². The van der Waals surface area contributed by atoms with Gasteiger partial charge in [-0.1, -0.05) is 34.1 Å². The lowest BCUT2D eigenvalue weighted by atomic mass is 10.2. The lowest BCUT2D eigenvalue weighted by Crippen LogP contribution is -2.27. The molecular formula is C19H14BrNO5S. The minimum absolute atomic E-state index is 0.259. The predicted octanol–water partition coefficient (Wildman–Crippen LogP) is 4.24. The van der Waals surface area contributed by atoms with E-state index in [0.29, 0.717) is 17.0 Å². The summed E-state index contributed by atoms with van der Waals surface area (Å²) < 4.78 is 10.8. The van der Waals surface area contributed by atoms with Crippen LogP contribution < -0.4 is 9.64 Å². The molecule has 2 aromatic carbocycles. The Labute approximate surface area is 168 Å². The summed E-state index contributed by atoms with van der Waals surface area (Å²) in [5, 5.41) is -0.371. The number of hydrogen-bond acceptors (Lipinski definition) is 6. The minimum Gasteiger partial charge on any atom is -0.481 e. The maximum absolute atomic E-state index is 12.7. The van der Waals surface area contributed by atoms with Gasteiger partial charge in [-0.15, -0.1) is 0 Å². The summed E-state index contributed by atoms with van der Waals surface area (Å²) in [7, 11) is 1.27. The maximum atomic E-state index is 12.7. The molecule has 138 valence electrons. The van der Waals surface area contributed by atoms with Crippen LogP contribution >= 0.6 is 27.7 Å². The molecule has 0 saturated carbocycles. The van der Waals surface area contributed by atoms with Gasteiger partial charge in [0.05, 0.1) is 17.7 Å². The highest BCUT2D eigenvalue weighted by Crippen LogP contribution is 2.37. The standard InChI is InChI=1S/C19H14BrNO5S/c1-25-17(22)11-26-15-8-7-13(20)9-12(15)10-16-18(23)21(19(24)27-16)14-5-3-2-4-6-14/h2-10H,11H2,1H3/b16-10+. The summed E-state index contributed by atoms with van der Waals surface area (Å²) in [5.74, 6) is -0.529. The SMILES string of the molecule is COC(=O)COc1ccc(Br)cc1/C=C1/SC(=O)N(c2ccccc2)C1=O. The second-order valence-electron chi connectivity index (χ2n) is 5.40. The van der Waals surface area contributed by atoms with Crippen LogP contribution in [0.15, 0.2) is 57.9 Å². The number of anilines is 1. The largest absolute Gasteiger partial charge is 0.481 e. The molecule has 2 amide bonds. The number of nitrogens with zero attached hydrogens (tertiary/aromatic N) is 1. The maximum Gasteiger partial charge on any atom is 0.343 e. The summed E-state index contributed by atoms with van der Waals surface area (Å²) in [5.41, 5.74) is 1.08. The second-order valence-corrected chi connectivity index (χ2v) is 7.31. The van der Waals surface area contributed by atoms with Gasteiger partial charge in [-0.3, -0.25) is 9.59 Å². The number of imide groups is 1. The molecule has 1 fully saturated rings. The van der Waals surface area contributed by atoms with Crippen LogP contribution in [-0.4, -0.2) is 30.8 Å². The van der Waals surface area contributed by atoms with Crippen molar-refractivity contribution >= 4 is 56.6 Å². The van der Waals surface area contributed by atoms with Crippen molar-refractivity contribution in [1.82, 2.24) is 0 Å². The Morgan fingerprint density at radius 2 is 1.93 bits per heavy atom. The van der Waals surface area contributed by atoms with E-state index in [0.717, 1.165) is 21.1 Å². The summed E-state index contributed by atoms with van der Waals surface area (Å²) in [6, 6.07) is 13.9. The molecule has 2 aromatic rings.